The van der Waals surface area contributed by atoms with Crippen molar-refractivity contribution >= 4 is 23.3 Å². The Morgan fingerprint density at radius 3 is 2.52 bits per heavy atom. The third-order valence-electron chi connectivity index (χ3n) is 7.53. The van der Waals surface area contributed by atoms with Crippen molar-refractivity contribution in [1.29, 1.82) is 0 Å². The Kier molecular flexibility index (Phi) is 9.08. The largest absolute Gasteiger partial charge is 0.444 e. The number of hydrogen-bond donors (Lipinski definition) is 1. The van der Waals surface area contributed by atoms with E-state index in [4.69, 9.17) is 4.74 Å². The number of alkyl halides is 3. The summed E-state index contributed by atoms with van der Waals surface area (Å²) >= 11 is 0. The number of amides is 2. The summed E-state index contributed by atoms with van der Waals surface area (Å²) in [7, 11) is 0. The number of ether oxygens (including phenoxy) is 1. The molecule has 0 radical (unpaired) electrons. The van der Waals surface area contributed by atoms with E-state index in [1.807, 2.05) is 30.9 Å². The predicted molar refractivity (Wildman–Crippen MR) is 167 cm³/mol. The minimum absolute atomic E-state index is 0.0207. The van der Waals surface area contributed by atoms with Gasteiger partial charge >= 0.3 is 12.3 Å². The van der Waals surface area contributed by atoms with Crippen LogP contribution in [0.3, 0.4) is 0 Å². The lowest BCUT2D eigenvalue weighted by molar-refractivity contribution is -0.138. The van der Waals surface area contributed by atoms with Crippen LogP contribution >= 0.6 is 0 Å². The Bertz CT molecular complexity index is 1830. The van der Waals surface area contributed by atoms with Gasteiger partial charge in [0.15, 0.2) is 5.65 Å². The molecule has 3 heterocycles. The molecule has 0 spiro atoms. The first-order chi connectivity index (χ1) is 21.7. The zero-order valence-electron chi connectivity index (χ0n) is 26.3. The zero-order valence-corrected chi connectivity index (χ0v) is 26.3. The maximum atomic E-state index is 14.2. The van der Waals surface area contributed by atoms with Crippen LogP contribution in [0.4, 0.5) is 23.7 Å². The van der Waals surface area contributed by atoms with Crippen molar-refractivity contribution in [3.63, 3.8) is 0 Å². The maximum absolute atomic E-state index is 14.2. The van der Waals surface area contributed by atoms with Gasteiger partial charge in [-0.3, -0.25) is 14.1 Å². The molecule has 1 fully saturated rings. The Morgan fingerprint density at radius 2 is 1.80 bits per heavy atom. The third-order valence-corrected chi connectivity index (χ3v) is 7.53. The fourth-order valence-corrected chi connectivity index (χ4v) is 5.22. The van der Waals surface area contributed by atoms with Crippen molar-refractivity contribution in [2.45, 2.75) is 59.0 Å². The van der Waals surface area contributed by atoms with E-state index < -0.39 is 29.3 Å². The number of pyridine rings is 1. The van der Waals surface area contributed by atoms with Gasteiger partial charge in [-0.2, -0.15) is 13.2 Å². The van der Waals surface area contributed by atoms with Crippen LogP contribution in [-0.4, -0.2) is 67.7 Å². The lowest BCUT2D eigenvalue weighted by Crippen LogP contribution is -2.54. The number of fused-ring (bicyclic) bond motifs is 1. The molecule has 46 heavy (non-hydrogen) atoms. The second kappa shape index (κ2) is 12.8. The minimum atomic E-state index is -4.64. The fraction of sp³-hybridized carbons (Fsp3) is 0.353. The SMILES string of the molecule is Cc1ccc(C(=O)Nc2ccc(CN3CCN(C(=O)OC(C)(C)C)C(C)C3)c(C(F)(F)F)c2)cc1C#Cc1nnc2ccccn12. The number of rotatable bonds is 4. The molecule has 0 saturated carbocycles. The Hall–Kier alpha value is -4.89. The van der Waals surface area contributed by atoms with Crippen LogP contribution in [-0.2, 0) is 17.5 Å². The van der Waals surface area contributed by atoms with E-state index in [-0.39, 0.29) is 29.4 Å². The topological polar surface area (TPSA) is 92.1 Å². The number of carbonyl (C=O) groups excluding carboxylic acids is 2. The van der Waals surface area contributed by atoms with Gasteiger partial charge in [0.25, 0.3) is 5.91 Å². The molecule has 0 aliphatic carbocycles. The summed E-state index contributed by atoms with van der Waals surface area (Å²) < 4.78 is 49.9. The van der Waals surface area contributed by atoms with Crippen molar-refractivity contribution in [3.8, 4) is 11.8 Å². The number of piperazine rings is 1. The number of nitrogens with zero attached hydrogens (tertiary/aromatic N) is 5. The van der Waals surface area contributed by atoms with Gasteiger partial charge in [-0.15, -0.1) is 10.2 Å². The quantitative estimate of drug-likeness (QED) is 0.272. The van der Waals surface area contributed by atoms with E-state index >= 15 is 0 Å². The van der Waals surface area contributed by atoms with E-state index in [1.165, 1.54) is 12.1 Å². The van der Waals surface area contributed by atoms with Crippen LogP contribution in [0.2, 0.25) is 0 Å². The summed E-state index contributed by atoms with van der Waals surface area (Å²) in [5, 5.41) is 10.8. The lowest BCUT2D eigenvalue weighted by Gasteiger charge is -2.40. The van der Waals surface area contributed by atoms with Gasteiger partial charge in [0, 0.05) is 55.2 Å². The van der Waals surface area contributed by atoms with Crippen LogP contribution in [0.25, 0.3) is 5.65 Å². The van der Waals surface area contributed by atoms with Gasteiger partial charge in [0.1, 0.15) is 5.60 Å². The molecule has 2 aromatic heterocycles. The first-order valence-corrected chi connectivity index (χ1v) is 14.8. The highest BCUT2D eigenvalue weighted by Gasteiger charge is 2.36. The molecular weight excluding hydrogens is 597 g/mol. The second-order valence-electron chi connectivity index (χ2n) is 12.3. The van der Waals surface area contributed by atoms with Gasteiger partial charge in [-0.25, -0.2) is 4.79 Å². The standard InChI is InChI=1S/C34H35F3N6O3/c1-22-9-10-25(18-24(22)12-14-30-40-39-29-8-6-7-15-43(29)30)31(44)38-27-13-11-26(28(19-27)34(35,36)37)21-41-16-17-42(23(2)20-41)32(45)46-33(3,4)5/h6-11,13,15,18-19,23H,16-17,20-21H2,1-5H3,(H,38,44). The smallest absolute Gasteiger partial charge is 0.416 e. The van der Waals surface area contributed by atoms with Crippen LogP contribution in [0.1, 0.15) is 66.1 Å². The summed E-state index contributed by atoms with van der Waals surface area (Å²) in [6.45, 7) is 10.2. The molecule has 2 aromatic carbocycles. The molecular formula is C34H35F3N6O3. The van der Waals surface area contributed by atoms with Gasteiger partial charge < -0.3 is 15.0 Å². The molecule has 1 N–H and O–H groups in total. The maximum Gasteiger partial charge on any atom is 0.416 e. The number of benzene rings is 2. The predicted octanol–water partition coefficient (Wildman–Crippen LogP) is 6.15. The number of carbonyl (C=O) groups is 2. The fourth-order valence-electron chi connectivity index (χ4n) is 5.22. The van der Waals surface area contributed by atoms with Crippen LogP contribution in [0.5, 0.6) is 0 Å². The molecule has 240 valence electrons. The highest BCUT2D eigenvalue weighted by atomic mass is 19.4. The van der Waals surface area contributed by atoms with Crippen LogP contribution in [0.15, 0.2) is 60.8 Å². The monoisotopic (exact) mass is 632 g/mol. The summed E-state index contributed by atoms with van der Waals surface area (Å²) in [5.41, 5.74) is 0.923. The van der Waals surface area contributed by atoms with Crippen LogP contribution in [0, 0.1) is 18.8 Å². The second-order valence-corrected chi connectivity index (χ2v) is 12.3. The van der Waals surface area contributed by atoms with E-state index in [2.05, 4.69) is 27.4 Å². The molecule has 1 unspecified atom stereocenters. The Labute approximate surface area is 265 Å². The molecule has 5 rings (SSSR count). The highest BCUT2D eigenvalue weighted by molar-refractivity contribution is 6.04. The minimum Gasteiger partial charge on any atom is -0.444 e. The number of aryl methyl sites for hydroxylation is 1. The van der Waals surface area contributed by atoms with E-state index in [9.17, 15) is 22.8 Å². The molecule has 1 atom stereocenters. The molecule has 0 bridgehead atoms. The molecule has 2 amide bonds. The molecule has 4 aromatic rings. The number of hydrogen-bond acceptors (Lipinski definition) is 6. The normalized spacial score (nSPS) is 15.7. The van der Waals surface area contributed by atoms with Crippen molar-refractivity contribution in [2.24, 2.45) is 0 Å². The van der Waals surface area contributed by atoms with Crippen molar-refractivity contribution < 1.29 is 27.5 Å². The van der Waals surface area contributed by atoms with E-state index in [1.54, 1.807) is 60.5 Å². The van der Waals surface area contributed by atoms with Gasteiger partial charge in [-0.1, -0.05) is 24.1 Å². The van der Waals surface area contributed by atoms with Crippen molar-refractivity contribution in [2.75, 3.05) is 25.0 Å². The summed E-state index contributed by atoms with van der Waals surface area (Å²) in [4.78, 5) is 29.2. The summed E-state index contributed by atoms with van der Waals surface area (Å²) in [6, 6.07) is 14.0. The van der Waals surface area contributed by atoms with Gasteiger partial charge in [-0.05, 0) is 88.1 Å². The van der Waals surface area contributed by atoms with E-state index in [0.717, 1.165) is 11.6 Å². The van der Waals surface area contributed by atoms with Crippen LogP contribution < -0.4 is 5.32 Å². The number of aromatic nitrogens is 3. The Morgan fingerprint density at radius 1 is 1.02 bits per heavy atom. The van der Waals surface area contributed by atoms with Gasteiger partial charge in [0.2, 0.25) is 5.82 Å². The molecule has 1 aliphatic heterocycles. The molecule has 1 aliphatic rings. The van der Waals surface area contributed by atoms with E-state index in [0.29, 0.717) is 36.7 Å². The number of nitrogens with one attached hydrogen (secondary N) is 1. The Balaban J connectivity index is 1.29. The van der Waals surface area contributed by atoms with Crippen molar-refractivity contribution in [3.05, 3.63) is 94.4 Å². The lowest BCUT2D eigenvalue weighted by atomic mass is 10.0. The number of halogens is 3. The first-order valence-electron chi connectivity index (χ1n) is 14.8. The average Bonchev–Trinajstić information content (AvgIpc) is 3.39. The van der Waals surface area contributed by atoms with Crippen molar-refractivity contribution in [1.82, 2.24) is 24.4 Å². The zero-order chi connectivity index (χ0) is 33.2. The third kappa shape index (κ3) is 7.66. The molecule has 12 heteroatoms. The average molecular weight is 633 g/mol. The summed E-state index contributed by atoms with van der Waals surface area (Å²) in [5.74, 6) is 5.87. The molecule has 1 saturated heterocycles. The number of anilines is 1. The summed E-state index contributed by atoms with van der Waals surface area (Å²) in [6.07, 6.45) is -3.28. The first kappa shape index (κ1) is 32.5. The van der Waals surface area contributed by atoms with Gasteiger partial charge in [0.05, 0.1) is 5.56 Å². The highest BCUT2D eigenvalue weighted by Crippen LogP contribution is 2.35. The molecule has 9 nitrogen and oxygen atoms in total.